The lowest BCUT2D eigenvalue weighted by atomic mass is 10.0. The summed E-state index contributed by atoms with van der Waals surface area (Å²) in [6.07, 6.45) is 1.57. The molecule has 86 valence electrons. The molecule has 0 bridgehead atoms. The van der Waals surface area contributed by atoms with Crippen LogP contribution in [0.15, 0.2) is 12.3 Å². The number of piperazine rings is 1. The molecule has 0 atom stereocenters. The standard InChI is InChI=1S/C10H13BN6/c11-7-6-14-17-8(12)5-9(15-10(7)17)16-3-1-13-2-4-16/h5-6,13H,1-4,12H2. The van der Waals surface area contributed by atoms with Gasteiger partial charge in [0, 0.05) is 38.4 Å². The molecule has 0 aromatic carbocycles. The topological polar surface area (TPSA) is 71.5 Å². The van der Waals surface area contributed by atoms with Crippen molar-refractivity contribution in [3.8, 4) is 0 Å². The molecule has 1 fully saturated rings. The summed E-state index contributed by atoms with van der Waals surface area (Å²) in [6.45, 7) is 3.77. The first-order chi connectivity index (χ1) is 8.25. The Morgan fingerprint density at radius 3 is 2.88 bits per heavy atom. The molecule has 0 aliphatic carbocycles. The number of nitrogen functional groups attached to an aromatic ring is 1. The Kier molecular flexibility index (Phi) is 2.40. The van der Waals surface area contributed by atoms with Crippen molar-refractivity contribution in [1.29, 1.82) is 0 Å². The molecule has 0 unspecified atom stereocenters. The first-order valence-electron chi connectivity index (χ1n) is 5.61. The summed E-state index contributed by atoms with van der Waals surface area (Å²) in [5, 5.41) is 7.38. The van der Waals surface area contributed by atoms with E-state index in [0.717, 1.165) is 32.0 Å². The van der Waals surface area contributed by atoms with Gasteiger partial charge in [-0.25, -0.2) is 9.50 Å². The molecule has 2 aromatic rings. The summed E-state index contributed by atoms with van der Waals surface area (Å²) in [7, 11) is 5.81. The first kappa shape index (κ1) is 10.4. The van der Waals surface area contributed by atoms with Crippen molar-refractivity contribution >= 4 is 30.6 Å². The van der Waals surface area contributed by atoms with Crippen LogP contribution in [0.4, 0.5) is 11.6 Å². The largest absolute Gasteiger partial charge is 0.383 e. The fourth-order valence-electron chi connectivity index (χ4n) is 2.05. The molecule has 1 aliphatic rings. The maximum absolute atomic E-state index is 5.94. The highest BCUT2D eigenvalue weighted by atomic mass is 15.3. The summed E-state index contributed by atoms with van der Waals surface area (Å²) >= 11 is 0. The molecule has 6 nitrogen and oxygen atoms in total. The molecular formula is C10H13BN6. The number of nitrogens with zero attached hydrogens (tertiary/aromatic N) is 4. The Balaban J connectivity index is 2.07. The summed E-state index contributed by atoms with van der Waals surface area (Å²) in [5.74, 6) is 1.42. The van der Waals surface area contributed by atoms with E-state index in [1.54, 1.807) is 10.7 Å². The van der Waals surface area contributed by atoms with Crippen molar-refractivity contribution in [2.24, 2.45) is 0 Å². The summed E-state index contributed by atoms with van der Waals surface area (Å²) in [5.41, 5.74) is 7.11. The summed E-state index contributed by atoms with van der Waals surface area (Å²) in [4.78, 5) is 6.71. The molecule has 2 radical (unpaired) electrons. The molecule has 3 N–H and O–H groups in total. The Hall–Kier alpha value is -1.76. The van der Waals surface area contributed by atoms with Gasteiger partial charge >= 0.3 is 0 Å². The zero-order valence-corrected chi connectivity index (χ0v) is 9.43. The fraction of sp³-hybridized carbons (Fsp3) is 0.400. The minimum atomic E-state index is 0.550. The highest BCUT2D eigenvalue weighted by molar-refractivity contribution is 6.36. The van der Waals surface area contributed by atoms with Gasteiger partial charge < -0.3 is 16.0 Å². The van der Waals surface area contributed by atoms with Crippen molar-refractivity contribution < 1.29 is 0 Å². The van der Waals surface area contributed by atoms with Gasteiger partial charge in [-0.05, 0) is 5.46 Å². The molecule has 1 saturated heterocycles. The Morgan fingerprint density at radius 2 is 2.12 bits per heavy atom. The van der Waals surface area contributed by atoms with Crippen molar-refractivity contribution in [2.75, 3.05) is 36.8 Å². The SMILES string of the molecule is [B]c1cnn2c(N)cc(N3CCNCC3)nc12. The molecule has 0 amide bonds. The molecule has 7 heteroatoms. The molecule has 2 aromatic heterocycles. The number of rotatable bonds is 1. The van der Waals surface area contributed by atoms with Gasteiger partial charge in [-0.3, -0.25) is 0 Å². The molecule has 3 rings (SSSR count). The molecule has 17 heavy (non-hydrogen) atoms. The maximum Gasteiger partial charge on any atom is 0.152 e. The monoisotopic (exact) mass is 228 g/mol. The third-order valence-corrected chi connectivity index (χ3v) is 2.95. The molecule has 0 saturated carbocycles. The lowest BCUT2D eigenvalue weighted by Crippen LogP contribution is -2.44. The zero-order chi connectivity index (χ0) is 11.8. The summed E-state index contributed by atoms with van der Waals surface area (Å²) < 4.78 is 1.56. The van der Waals surface area contributed by atoms with Crippen molar-refractivity contribution in [3.05, 3.63) is 12.3 Å². The minimum Gasteiger partial charge on any atom is -0.383 e. The number of aromatic nitrogens is 3. The normalized spacial score (nSPS) is 16.6. The number of anilines is 2. The third kappa shape index (κ3) is 1.72. The molecular weight excluding hydrogens is 215 g/mol. The molecule has 1 aliphatic heterocycles. The highest BCUT2D eigenvalue weighted by Gasteiger charge is 2.14. The fourth-order valence-corrected chi connectivity index (χ4v) is 2.05. The lowest BCUT2D eigenvalue weighted by Gasteiger charge is -2.28. The van der Waals surface area contributed by atoms with E-state index in [-0.39, 0.29) is 0 Å². The molecule has 0 spiro atoms. The number of hydrogen-bond acceptors (Lipinski definition) is 5. The second-order valence-corrected chi connectivity index (χ2v) is 4.11. The second-order valence-electron chi connectivity index (χ2n) is 4.11. The van der Waals surface area contributed by atoms with E-state index >= 15 is 0 Å². The van der Waals surface area contributed by atoms with Gasteiger partial charge in [-0.2, -0.15) is 5.10 Å². The van der Waals surface area contributed by atoms with Crippen LogP contribution in [-0.2, 0) is 0 Å². The summed E-state index contributed by atoms with van der Waals surface area (Å²) in [6, 6.07) is 1.84. The van der Waals surface area contributed by atoms with E-state index < -0.39 is 0 Å². The second kappa shape index (κ2) is 3.92. The number of hydrogen-bond donors (Lipinski definition) is 2. The van der Waals surface area contributed by atoms with Crippen LogP contribution >= 0.6 is 0 Å². The van der Waals surface area contributed by atoms with Crippen LogP contribution in [-0.4, -0.2) is 48.6 Å². The van der Waals surface area contributed by atoms with Crippen molar-refractivity contribution in [3.63, 3.8) is 0 Å². The van der Waals surface area contributed by atoms with Gasteiger partial charge in [-0.1, -0.05) is 0 Å². The number of nitrogens with one attached hydrogen (secondary N) is 1. The van der Waals surface area contributed by atoms with Crippen molar-refractivity contribution in [2.45, 2.75) is 0 Å². The van der Waals surface area contributed by atoms with E-state index in [4.69, 9.17) is 13.6 Å². The maximum atomic E-state index is 5.94. The molecule has 3 heterocycles. The highest BCUT2D eigenvalue weighted by Crippen LogP contribution is 2.16. The van der Waals surface area contributed by atoms with E-state index in [1.807, 2.05) is 6.07 Å². The van der Waals surface area contributed by atoms with Crippen LogP contribution < -0.4 is 21.4 Å². The van der Waals surface area contributed by atoms with Gasteiger partial charge in [0.25, 0.3) is 0 Å². The van der Waals surface area contributed by atoms with Gasteiger partial charge in [0.15, 0.2) is 5.65 Å². The Morgan fingerprint density at radius 1 is 1.35 bits per heavy atom. The predicted molar refractivity (Wildman–Crippen MR) is 67.9 cm³/mol. The number of fused-ring (bicyclic) bond motifs is 1. The van der Waals surface area contributed by atoms with E-state index in [9.17, 15) is 0 Å². The average molecular weight is 228 g/mol. The van der Waals surface area contributed by atoms with Gasteiger partial charge in [-0.15, -0.1) is 0 Å². The van der Waals surface area contributed by atoms with Gasteiger partial charge in [0.1, 0.15) is 19.5 Å². The van der Waals surface area contributed by atoms with E-state index in [1.165, 1.54) is 0 Å². The predicted octanol–water partition coefficient (Wildman–Crippen LogP) is -1.49. The van der Waals surface area contributed by atoms with Gasteiger partial charge in [0.2, 0.25) is 0 Å². The zero-order valence-electron chi connectivity index (χ0n) is 9.43. The van der Waals surface area contributed by atoms with Crippen LogP contribution in [0.3, 0.4) is 0 Å². The van der Waals surface area contributed by atoms with E-state index in [2.05, 4.69) is 20.3 Å². The third-order valence-electron chi connectivity index (χ3n) is 2.95. The van der Waals surface area contributed by atoms with Crippen LogP contribution in [0.2, 0.25) is 0 Å². The Bertz CT molecular complexity index is 545. The van der Waals surface area contributed by atoms with Crippen LogP contribution in [0.25, 0.3) is 5.65 Å². The van der Waals surface area contributed by atoms with E-state index in [0.29, 0.717) is 16.9 Å². The smallest absolute Gasteiger partial charge is 0.152 e. The van der Waals surface area contributed by atoms with Crippen LogP contribution in [0.1, 0.15) is 0 Å². The average Bonchev–Trinajstić information content (AvgIpc) is 2.73. The van der Waals surface area contributed by atoms with Crippen LogP contribution in [0.5, 0.6) is 0 Å². The van der Waals surface area contributed by atoms with Gasteiger partial charge in [0.05, 0.1) is 0 Å². The van der Waals surface area contributed by atoms with Crippen LogP contribution in [0, 0.1) is 0 Å². The number of nitrogens with two attached hydrogens (primary N) is 1. The Labute approximate surface area is 100 Å². The lowest BCUT2D eigenvalue weighted by molar-refractivity contribution is 0.585. The first-order valence-corrected chi connectivity index (χ1v) is 5.61. The minimum absolute atomic E-state index is 0.550. The quantitative estimate of drug-likeness (QED) is 0.582. The van der Waals surface area contributed by atoms with Crippen molar-refractivity contribution in [1.82, 2.24) is 19.9 Å².